The number of aliphatic imine (C=N–C) groups is 1. The summed E-state index contributed by atoms with van der Waals surface area (Å²) in [6, 6.07) is 15.7. The average molecular weight is 331 g/mol. The number of hydrogen-bond acceptors (Lipinski definition) is 3. The highest BCUT2D eigenvalue weighted by Gasteiger charge is 2.33. The topological polar surface area (TPSA) is 109 Å². The van der Waals surface area contributed by atoms with Crippen molar-refractivity contribution in [3.8, 4) is 17.1 Å². The zero-order valence-electron chi connectivity index (χ0n) is 13.0. The van der Waals surface area contributed by atoms with E-state index in [-0.39, 0.29) is 11.4 Å². The summed E-state index contributed by atoms with van der Waals surface area (Å²) in [6.07, 6.45) is 0. The highest BCUT2D eigenvalue weighted by molar-refractivity contribution is 6.30. The standard InChI is InChI=1S/C19H13N3O3/c20-17(23)12-8-4-7-11(9-12)16-14-13(18(24)22-16)15(21-19(14)25)10-5-2-1-3-6-10/h1-9,22,24H,(H2,20,23). The van der Waals surface area contributed by atoms with Crippen LogP contribution in [0.5, 0.6) is 5.88 Å². The van der Waals surface area contributed by atoms with Gasteiger partial charge in [0.05, 0.1) is 22.5 Å². The lowest BCUT2D eigenvalue weighted by molar-refractivity contribution is 0.0995. The average Bonchev–Trinajstić information content (AvgIpc) is 3.15. The number of benzene rings is 2. The van der Waals surface area contributed by atoms with Crippen LogP contribution in [0.1, 0.15) is 31.8 Å². The molecule has 0 saturated heterocycles. The van der Waals surface area contributed by atoms with E-state index in [0.29, 0.717) is 28.1 Å². The van der Waals surface area contributed by atoms with Gasteiger partial charge in [0.1, 0.15) is 0 Å². The molecule has 0 aliphatic carbocycles. The number of nitrogens with two attached hydrogens (primary N) is 1. The number of fused-ring (bicyclic) bond motifs is 1. The van der Waals surface area contributed by atoms with Gasteiger partial charge < -0.3 is 15.8 Å². The molecule has 6 nitrogen and oxygen atoms in total. The third-order valence-electron chi connectivity index (χ3n) is 4.13. The number of aromatic amines is 1. The van der Waals surface area contributed by atoms with Crippen LogP contribution >= 0.6 is 0 Å². The summed E-state index contributed by atoms with van der Waals surface area (Å²) in [4.78, 5) is 30.8. The molecule has 1 aliphatic heterocycles. The fourth-order valence-corrected chi connectivity index (χ4v) is 2.99. The minimum atomic E-state index is -0.568. The van der Waals surface area contributed by atoms with E-state index in [1.54, 1.807) is 24.3 Å². The summed E-state index contributed by atoms with van der Waals surface area (Å²) in [7, 11) is 0. The predicted octanol–water partition coefficient (Wildman–Crippen LogP) is 2.48. The van der Waals surface area contributed by atoms with Crippen LogP contribution in [0, 0.1) is 0 Å². The molecule has 6 heteroatoms. The minimum Gasteiger partial charge on any atom is -0.494 e. The maximum absolute atomic E-state index is 12.5. The second-order valence-electron chi connectivity index (χ2n) is 5.68. The second-order valence-corrected chi connectivity index (χ2v) is 5.68. The number of aromatic nitrogens is 1. The van der Waals surface area contributed by atoms with Crippen molar-refractivity contribution < 1.29 is 14.7 Å². The molecule has 0 unspecified atom stereocenters. The maximum Gasteiger partial charge on any atom is 0.280 e. The quantitative estimate of drug-likeness (QED) is 0.686. The van der Waals surface area contributed by atoms with Gasteiger partial charge in [-0.25, -0.2) is 4.99 Å². The summed E-state index contributed by atoms with van der Waals surface area (Å²) in [5.41, 5.74) is 8.44. The molecule has 2 heterocycles. The highest BCUT2D eigenvalue weighted by atomic mass is 16.3. The number of amides is 2. The Hall–Kier alpha value is -3.67. The number of primary amides is 1. The number of carbonyl (C=O) groups is 2. The van der Waals surface area contributed by atoms with Crippen LogP contribution < -0.4 is 5.73 Å². The van der Waals surface area contributed by atoms with Crippen molar-refractivity contribution in [3.05, 3.63) is 76.9 Å². The van der Waals surface area contributed by atoms with Crippen molar-refractivity contribution in [2.75, 3.05) is 0 Å². The van der Waals surface area contributed by atoms with E-state index < -0.39 is 11.8 Å². The zero-order chi connectivity index (χ0) is 17.6. The lowest BCUT2D eigenvalue weighted by atomic mass is 9.99. The minimum absolute atomic E-state index is 0.136. The van der Waals surface area contributed by atoms with Gasteiger partial charge in [-0.15, -0.1) is 0 Å². The molecule has 122 valence electrons. The fraction of sp³-hybridized carbons (Fsp3) is 0. The number of nitrogens with one attached hydrogen (secondary N) is 1. The second kappa shape index (κ2) is 5.45. The molecule has 4 N–H and O–H groups in total. The van der Waals surface area contributed by atoms with E-state index in [1.807, 2.05) is 30.3 Å². The van der Waals surface area contributed by atoms with Crippen LogP contribution in [0.15, 0.2) is 59.6 Å². The van der Waals surface area contributed by atoms with E-state index in [4.69, 9.17) is 5.73 Å². The molecule has 1 aliphatic rings. The number of carbonyl (C=O) groups excluding carboxylic acids is 2. The Bertz CT molecular complexity index is 1050. The van der Waals surface area contributed by atoms with Crippen molar-refractivity contribution in [1.82, 2.24) is 4.98 Å². The number of H-pyrrole nitrogens is 1. The van der Waals surface area contributed by atoms with Gasteiger partial charge >= 0.3 is 0 Å². The molecule has 2 amide bonds. The summed E-state index contributed by atoms with van der Waals surface area (Å²) >= 11 is 0. The fourth-order valence-electron chi connectivity index (χ4n) is 2.99. The molecule has 1 aromatic heterocycles. The SMILES string of the molecule is NC(=O)c1cccc(-c2[nH]c(O)c3c2C(=O)N=C3c2ccccc2)c1. The Kier molecular flexibility index (Phi) is 3.25. The molecule has 0 bridgehead atoms. The van der Waals surface area contributed by atoms with Gasteiger partial charge in [-0.2, -0.15) is 0 Å². The Labute approximate surface area is 142 Å². The predicted molar refractivity (Wildman–Crippen MR) is 92.8 cm³/mol. The van der Waals surface area contributed by atoms with Gasteiger partial charge in [-0.1, -0.05) is 42.5 Å². The smallest absolute Gasteiger partial charge is 0.280 e. The van der Waals surface area contributed by atoms with Crippen molar-refractivity contribution in [1.29, 1.82) is 0 Å². The summed E-state index contributed by atoms with van der Waals surface area (Å²) in [5.74, 6) is -1.14. The molecule has 25 heavy (non-hydrogen) atoms. The van der Waals surface area contributed by atoms with Crippen molar-refractivity contribution >= 4 is 17.5 Å². The van der Waals surface area contributed by atoms with Crippen LogP contribution in [0.2, 0.25) is 0 Å². The highest BCUT2D eigenvalue weighted by Crippen LogP contribution is 2.38. The van der Waals surface area contributed by atoms with Crippen LogP contribution in [0.4, 0.5) is 0 Å². The number of aromatic hydroxyl groups is 1. The van der Waals surface area contributed by atoms with E-state index in [9.17, 15) is 14.7 Å². The van der Waals surface area contributed by atoms with E-state index in [0.717, 1.165) is 5.56 Å². The molecule has 2 aromatic carbocycles. The first-order valence-corrected chi connectivity index (χ1v) is 7.60. The van der Waals surface area contributed by atoms with Crippen molar-refractivity contribution in [2.24, 2.45) is 10.7 Å². The third-order valence-corrected chi connectivity index (χ3v) is 4.13. The monoisotopic (exact) mass is 331 g/mol. The first-order chi connectivity index (χ1) is 12.1. The van der Waals surface area contributed by atoms with E-state index >= 15 is 0 Å². The zero-order valence-corrected chi connectivity index (χ0v) is 13.0. The Morgan fingerprint density at radius 1 is 1.00 bits per heavy atom. The van der Waals surface area contributed by atoms with Gasteiger partial charge in [0, 0.05) is 11.1 Å². The molecule has 0 saturated carbocycles. The first-order valence-electron chi connectivity index (χ1n) is 7.60. The Morgan fingerprint density at radius 3 is 2.44 bits per heavy atom. The third kappa shape index (κ3) is 2.31. The van der Waals surface area contributed by atoms with E-state index in [2.05, 4.69) is 9.98 Å². The van der Waals surface area contributed by atoms with Gasteiger partial charge in [-0.05, 0) is 17.7 Å². The van der Waals surface area contributed by atoms with Crippen LogP contribution in [0.25, 0.3) is 11.3 Å². The molecule has 0 atom stereocenters. The number of nitrogens with zero attached hydrogens (tertiary/aromatic N) is 1. The summed E-state index contributed by atoms with van der Waals surface area (Å²) in [6.45, 7) is 0. The van der Waals surface area contributed by atoms with Gasteiger partial charge in [0.25, 0.3) is 5.91 Å². The molecular formula is C19H13N3O3. The van der Waals surface area contributed by atoms with Crippen LogP contribution in [-0.4, -0.2) is 27.6 Å². The maximum atomic E-state index is 12.5. The van der Waals surface area contributed by atoms with Crippen LogP contribution in [0.3, 0.4) is 0 Å². The summed E-state index contributed by atoms with van der Waals surface area (Å²) < 4.78 is 0. The molecule has 3 aromatic rings. The lowest BCUT2D eigenvalue weighted by Crippen LogP contribution is -2.10. The first kappa shape index (κ1) is 14.9. The molecule has 4 rings (SSSR count). The van der Waals surface area contributed by atoms with Crippen molar-refractivity contribution in [3.63, 3.8) is 0 Å². The van der Waals surface area contributed by atoms with Crippen LogP contribution in [-0.2, 0) is 0 Å². The lowest BCUT2D eigenvalue weighted by Gasteiger charge is -2.02. The normalized spacial score (nSPS) is 12.8. The Morgan fingerprint density at radius 2 is 1.72 bits per heavy atom. The number of rotatable bonds is 3. The number of hydrogen-bond donors (Lipinski definition) is 3. The van der Waals surface area contributed by atoms with Gasteiger partial charge in [-0.3, -0.25) is 9.59 Å². The van der Waals surface area contributed by atoms with Gasteiger partial charge in [0.15, 0.2) is 5.88 Å². The van der Waals surface area contributed by atoms with Crippen molar-refractivity contribution in [2.45, 2.75) is 0 Å². The van der Waals surface area contributed by atoms with E-state index in [1.165, 1.54) is 0 Å². The Balaban J connectivity index is 1.89. The largest absolute Gasteiger partial charge is 0.494 e. The molecule has 0 fully saturated rings. The van der Waals surface area contributed by atoms with Gasteiger partial charge in [0.2, 0.25) is 5.91 Å². The summed E-state index contributed by atoms with van der Waals surface area (Å²) in [5, 5.41) is 10.4. The molecular weight excluding hydrogens is 318 g/mol. The molecule has 0 radical (unpaired) electrons. The molecule has 0 spiro atoms.